The highest BCUT2D eigenvalue weighted by Gasteiger charge is 2.05. The first kappa shape index (κ1) is 10.9. The Kier molecular flexibility index (Phi) is 3.36. The molecule has 5 heteroatoms. The second kappa shape index (κ2) is 4.94. The number of imidazole rings is 1. The van der Waals surface area contributed by atoms with E-state index in [1.54, 1.807) is 25.1 Å². The number of hydrogen-bond acceptors (Lipinski definition) is 4. The fraction of sp³-hybridized carbons (Fsp3) is 0.182. The SMILES string of the molecule is COc1cc(N)ccc1CSc1ncc[nH]1. The molecule has 0 radical (unpaired) electrons. The van der Waals surface area contributed by atoms with Crippen LogP contribution in [-0.2, 0) is 5.75 Å². The Morgan fingerprint density at radius 1 is 1.50 bits per heavy atom. The summed E-state index contributed by atoms with van der Waals surface area (Å²) in [5.41, 5.74) is 7.51. The molecule has 1 heterocycles. The smallest absolute Gasteiger partial charge is 0.165 e. The average Bonchev–Trinajstić information content (AvgIpc) is 2.80. The van der Waals surface area contributed by atoms with Gasteiger partial charge in [-0.05, 0) is 6.07 Å². The Labute approximate surface area is 98.2 Å². The van der Waals surface area contributed by atoms with Gasteiger partial charge in [-0.3, -0.25) is 0 Å². The van der Waals surface area contributed by atoms with Crippen molar-refractivity contribution in [2.24, 2.45) is 0 Å². The van der Waals surface area contributed by atoms with E-state index >= 15 is 0 Å². The molecule has 0 aliphatic carbocycles. The highest BCUT2D eigenvalue weighted by molar-refractivity contribution is 7.98. The number of aromatic amines is 1. The number of H-pyrrole nitrogens is 1. The van der Waals surface area contributed by atoms with Crippen LogP contribution in [0.3, 0.4) is 0 Å². The number of anilines is 1. The summed E-state index contributed by atoms with van der Waals surface area (Å²) in [5.74, 6) is 1.62. The zero-order valence-electron chi connectivity index (χ0n) is 8.93. The van der Waals surface area contributed by atoms with Crippen molar-refractivity contribution in [1.82, 2.24) is 9.97 Å². The molecule has 1 aromatic carbocycles. The number of rotatable bonds is 4. The molecule has 4 nitrogen and oxygen atoms in total. The molecule has 0 bridgehead atoms. The molecule has 3 N–H and O–H groups in total. The topological polar surface area (TPSA) is 63.9 Å². The third kappa shape index (κ3) is 2.49. The van der Waals surface area contributed by atoms with Gasteiger partial charge in [-0.2, -0.15) is 0 Å². The summed E-state index contributed by atoms with van der Waals surface area (Å²) in [6.45, 7) is 0. The maximum absolute atomic E-state index is 5.69. The summed E-state index contributed by atoms with van der Waals surface area (Å²) in [7, 11) is 1.65. The lowest BCUT2D eigenvalue weighted by atomic mass is 10.2. The molecule has 0 saturated carbocycles. The molecule has 0 amide bonds. The number of nitrogen functional groups attached to an aromatic ring is 1. The third-order valence-electron chi connectivity index (χ3n) is 2.15. The van der Waals surface area contributed by atoms with Gasteiger partial charge in [0.05, 0.1) is 7.11 Å². The van der Waals surface area contributed by atoms with Gasteiger partial charge in [-0.25, -0.2) is 4.98 Å². The molecule has 16 heavy (non-hydrogen) atoms. The Bertz CT molecular complexity index is 456. The van der Waals surface area contributed by atoms with Crippen molar-refractivity contribution >= 4 is 17.4 Å². The van der Waals surface area contributed by atoms with Crippen LogP contribution >= 0.6 is 11.8 Å². The van der Waals surface area contributed by atoms with E-state index < -0.39 is 0 Å². The quantitative estimate of drug-likeness (QED) is 0.630. The minimum absolute atomic E-state index is 0.712. The lowest BCUT2D eigenvalue weighted by Crippen LogP contribution is -1.93. The van der Waals surface area contributed by atoms with Crippen LogP contribution in [0.5, 0.6) is 5.75 Å². The largest absolute Gasteiger partial charge is 0.496 e. The number of methoxy groups -OCH3 is 1. The Morgan fingerprint density at radius 3 is 3.06 bits per heavy atom. The highest BCUT2D eigenvalue weighted by atomic mass is 32.2. The standard InChI is InChI=1S/C11H13N3OS/c1-15-10-6-9(12)3-2-8(10)7-16-11-13-4-5-14-11/h2-6H,7,12H2,1H3,(H,13,14). The van der Waals surface area contributed by atoms with E-state index in [4.69, 9.17) is 10.5 Å². The molecule has 0 aliphatic heterocycles. The number of nitrogens with zero attached hydrogens (tertiary/aromatic N) is 1. The van der Waals surface area contributed by atoms with Crippen molar-refractivity contribution in [1.29, 1.82) is 0 Å². The summed E-state index contributed by atoms with van der Waals surface area (Å²) < 4.78 is 5.27. The number of thioether (sulfide) groups is 1. The van der Waals surface area contributed by atoms with Gasteiger partial charge in [-0.15, -0.1) is 0 Å². The number of nitrogens with two attached hydrogens (primary N) is 1. The molecular weight excluding hydrogens is 222 g/mol. The number of nitrogens with one attached hydrogen (secondary N) is 1. The Hall–Kier alpha value is -1.62. The number of benzene rings is 1. The molecule has 84 valence electrons. The fourth-order valence-corrected chi connectivity index (χ4v) is 2.17. The van der Waals surface area contributed by atoms with Gasteiger partial charge in [0, 0.05) is 35.5 Å². The fourth-order valence-electron chi connectivity index (χ4n) is 1.36. The minimum Gasteiger partial charge on any atom is -0.496 e. The van der Waals surface area contributed by atoms with Crippen molar-refractivity contribution < 1.29 is 4.74 Å². The normalized spacial score (nSPS) is 10.3. The van der Waals surface area contributed by atoms with Crippen molar-refractivity contribution in [3.8, 4) is 5.75 Å². The van der Waals surface area contributed by atoms with Gasteiger partial charge in [0.25, 0.3) is 0 Å². The van der Waals surface area contributed by atoms with Crippen LogP contribution in [0, 0.1) is 0 Å². The summed E-state index contributed by atoms with van der Waals surface area (Å²) in [6, 6.07) is 5.68. The summed E-state index contributed by atoms with van der Waals surface area (Å²) in [4.78, 5) is 7.19. The van der Waals surface area contributed by atoms with Gasteiger partial charge < -0.3 is 15.5 Å². The van der Waals surface area contributed by atoms with Crippen LogP contribution in [0.25, 0.3) is 0 Å². The highest BCUT2D eigenvalue weighted by Crippen LogP contribution is 2.27. The Balaban J connectivity index is 2.09. The molecule has 2 aromatic rings. The van der Waals surface area contributed by atoms with E-state index in [2.05, 4.69) is 9.97 Å². The van der Waals surface area contributed by atoms with Gasteiger partial charge in [-0.1, -0.05) is 17.8 Å². The van der Waals surface area contributed by atoms with E-state index in [9.17, 15) is 0 Å². The first-order chi connectivity index (χ1) is 7.79. The summed E-state index contributed by atoms with van der Waals surface area (Å²) in [5, 5.41) is 0.902. The lowest BCUT2D eigenvalue weighted by molar-refractivity contribution is 0.411. The van der Waals surface area contributed by atoms with E-state index in [1.165, 1.54) is 0 Å². The molecular formula is C11H13N3OS. The molecule has 0 atom stereocenters. The van der Waals surface area contributed by atoms with Gasteiger partial charge in [0.2, 0.25) is 0 Å². The molecule has 0 spiro atoms. The minimum atomic E-state index is 0.712. The first-order valence-electron chi connectivity index (χ1n) is 4.84. The third-order valence-corrected chi connectivity index (χ3v) is 3.10. The van der Waals surface area contributed by atoms with E-state index in [-0.39, 0.29) is 0 Å². The zero-order valence-corrected chi connectivity index (χ0v) is 9.75. The average molecular weight is 235 g/mol. The van der Waals surface area contributed by atoms with Gasteiger partial charge in [0.1, 0.15) is 5.75 Å². The number of hydrogen-bond donors (Lipinski definition) is 2. The van der Waals surface area contributed by atoms with Crippen molar-refractivity contribution in [2.75, 3.05) is 12.8 Å². The van der Waals surface area contributed by atoms with Crippen LogP contribution in [0.1, 0.15) is 5.56 Å². The summed E-state index contributed by atoms with van der Waals surface area (Å²) >= 11 is 1.63. The number of aromatic nitrogens is 2. The lowest BCUT2D eigenvalue weighted by Gasteiger charge is -2.08. The predicted molar refractivity (Wildman–Crippen MR) is 65.6 cm³/mol. The van der Waals surface area contributed by atoms with Crippen LogP contribution in [0.2, 0.25) is 0 Å². The van der Waals surface area contributed by atoms with Crippen LogP contribution < -0.4 is 10.5 Å². The molecule has 1 aromatic heterocycles. The van der Waals surface area contributed by atoms with Gasteiger partial charge in [0.15, 0.2) is 5.16 Å². The van der Waals surface area contributed by atoms with Gasteiger partial charge >= 0.3 is 0 Å². The summed E-state index contributed by atoms with van der Waals surface area (Å²) in [6.07, 6.45) is 3.55. The van der Waals surface area contributed by atoms with Crippen LogP contribution in [0.4, 0.5) is 5.69 Å². The monoisotopic (exact) mass is 235 g/mol. The zero-order chi connectivity index (χ0) is 11.4. The first-order valence-corrected chi connectivity index (χ1v) is 5.82. The van der Waals surface area contributed by atoms with Crippen molar-refractivity contribution in [3.63, 3.8) is 0 Å². The number of ether oxygens (including phenoxy) is 1. The van der Waals surface area contributed by atoms with E-state index in [0.717, 1.165) is 22.2 Å². The van der Waals surface area contributed by atoms with Crippen LogP contribution in [-0.4, -0.2) is 17.1 Å². The maximum Gasteiger partial charge on any atom is 0.165 e. The van der Waals surface area contributed by atoms with Crippen molar-refractivity contribution in [3.05, 3.63) is 36.2 Å². The van der Waals surface area contributed by atoms with Crippen LogP contribution in [0.15, 0.2) is 35.7 Å². The maximum atomic E-state index is 5.69. The second-order valence-electron chi connectivity index (χ2n) is 3.25. The Morgan fingerprint density at radius 2 is 2.38 bits per heavy atom. The second-order valence-corrected chi connectivity index (χ2v) is 4.22. The molecule has 2 rings (SSSR count). The predicted octanol–water partition coefficient (Wildman–Crippen LogP) is 2.29. The molecule has 0 unspecified atom stereocenters. The molecule has 0 saturated heterocycles. The van der Waals surface area contributed by atoms with E-state index in [1.807, 2.05) is 24.4 Å². The van der Waals surface area contributed by atoms with E-state index in [0.29, 0.717) is 5.69 Å². The molecule has 0 fully saturated rings. The van der Waals surface area contributed by atoms with Crippen molar-refractivity contribution in [2.45, 2.75) is 10.9 Å². The molecule has 0 aliphatic rings.